The predicted molar refractivity (Wildman–Crippen MR) is 53.6 cm³/mol. The van der Waals surface area contributed by atoms with Crippen molar-refractivity contribution < 1.29 is 13.2 Å². The van der Waals surface area contributed by atoms with Gasteiger partial charge in [-0.05, 0) is 30.3 Å². The Bertz CT molecular complexity index is 655. The summed E-state index contributed by atoms with van der Waals surface area (Å²) in [6, 6.07) is 8.64. The maximum Gasteiger partial charge on any atom is 0.138 e. The number of hydrogen-bond donors (Lipinski definition) is 0. The van der Waals surface area contributed by atoms with Crippen molar-refractivity contribution in [2.75, 3.05) is 0 Å². The minimum absolute atomic E-state index is 0.340. The third-order valence-corrected chi connectivity index (χ3v) is 2.41. The van der Waals surface area contributed by atoms with Crippen molar-refractivity contribution in [2.45, 2.75) is 0 Å². The normalized spacial score (nSPS) is 11.3. The van der Waals surface area contributed by atoms with Gasteiger partial charge in [0.25, 0.3) is 0 Å². The molecule has 0 amide bonds. The topological polar surface area (TPSA) is 13.1 Å². The van der Waals surface area contributed by atoms with Crippen molar-refractivity contribution in [1.29, 1.82) is 0 Å². The SMILES string of the molecule is Fc1ccc2oc3cccc(F)c3c2c1. The summed E-state index contributed by atoms with van der Waals surface area (Å²) in [5.74, 6) is -0.787. The van der Waals surface area contributed by atoms with Crippen molar-refractivity contribution in [3.05, 3.63) is 48.0 Å². The molecule has 1 aromatic heterocycles. The molecule has 2 aromatic carbocycles. The van der Waals surface area contributed by atoms with Crippen molar-refractivity contribution >= 4 is 21.9 Å². The maximum atomic E-state index is 13.5. The second-order valence-electron chi connectivity index (χ2n) is 3.36. The summed E-state index contributed by atoms with van der Waals surface area (Å²) in [4.78, 5) is 0. The van der Waals surface area contributed by atoms with E-state index in [0.29, 0.717) is 21.9 Å². The molecule has 0 bridgehead atoms. The molecule has 0 aliphatic carbocycles. The van der Waals surface area contributed by atoms with Crippen LogP contribution in [0.3, 0.4) is 0 Å². The van der Waals surface area contributed by atoms with Crippen LogP contribution in [0.25, 0.3) is 21.9 Å². The first-order chi connectivity index (χ1) is 7.25. The zero-order valence-corrected chi connectivity index (χ0v) is 7.63. The number of furan rings is 1. The van der Waals surface area contributed by atoms with E-state index in [0.717, 1.165) is 0 Å². The highest BCUT2D eigenvalue weighted by atomic mass is 19.1. The fraction of sp³-hybridized carbons (Fsp3) is 0. The lowest BCUT2D eigenvalue weighted by atomic mass is 10.1. The smallest absolute Gasteiger partial charge is 0.138 e. The van der Waals surface area contributed by atoms with Crippen molar-refractivity contribution in [1.82, 2.24) is 0 Å². The molecule has 1 heterocycles. The van der Waals surface area contributed by atoms with Crippen molar-refractivity contribution in [2.24, 2.45) is 0 Å². The Morgan fingerprint density at radius 1 is 0.933 bits per heavy atom. The van der Waals surface area contributed by atoms with Gasteiger partial charge in [-0.2, -0.15) is 0 Å². The minimum Gasteiger partial charge on any atom is -0.456 e. The van der Waals surface area contributed by atoms with Gasteiger partial charge in [0.15, 0.2) is 0 Å². The molecule has 15 heavy (non-hydrogen) atoms. The first kappa shape index (κ1) is 8.41. The Hall–Kier alpha value is -1.90. The molecule has 0 saturated heterocycles. The van der Waals surface area contributed by atoms with Crippen LogP contribution < -0.4 is 0 Å². The van der Waals surface area contributed by atoms with Crippen LogP contribution in [0.15, 0.2) is 40.8 Å². The zero-order chi connectivity index (χ0) is 10.4. The summed E-state index contributed by atoms with van der Waals surface area (Å²) in [6.07, 6.45) is 0. The fourth-order valence-electron chi connectivity index (χ4n) is 1.76. The lowest BCUT2D eigenvalue weighted by Crippen LogP contribution is -1.75. The van der Waals surface area contributed by atoms with Gasteiger partial charge in [-0.1, -0.05) is 6.07 Å². The largest absolute Gasteiger partial charge is 0.456 e. The van der Waals surface area contributed by atoms with Crippen LogP contribution in [-0.4, -0.2) is 0 Å². The van der Waals surface area contributed by atoms with E-state index >= 15 is 0 Å². The Morgan fingerprint density at radius 3 is 2.67 bits per heavy atom. The van der Waals surface area contributed by atoms with Gasteiger partial charge < -0.3 is 4.42 Å². The lowest BCUT2D eigenvalue weighted by molar-refractivity contribution is 0.625. The summed E-state index contributed by atoms with van der Waals surface area (Å²) in [5, 5.41) is 0.815. The quantitative estimate of drug-likeness (QED) is 0.541. The second kappa shape index (κ2) is 2.79. The predicted octanol–water partition coefficient (Wildman–Crippen LogP) is 3.86. The van der Waals surface area contributed by atoms with E-state index in [9.17, 15) is 8.78 Å². The van der Waals surface area contributed by atoms with E-state index < -0.39 is 11.6 Å². The number of benzene rings is 2. The first-order valence-electron chi connectivity index (χ1n) is 4.52. The summed E-state index contributed by atoms with van der Waals surface area (Å²) >= 11 is 0. The van der Waals surface area contributed by atoms with Crippen LogP contribution in [0.1, 0.15) is 0 Å². The molecule has 74 valence electrons. The van der Waals surface area contributed by atoms with Crippen LogP contribution in [0.5, 0.6) is 0 Å². The van der Waals surface area contributed by atoms with Crippen molar-refractivity contribution in [3.63, 3.8) is 0 Å². The minimum atomic E-state index is -0.395. The number of halogens is 2. The molecule has 0 saturated carbocycles. The van der Waals surface area contributed by atoms with Gasteiger partial charge in [0.2, 0.25) is 0 Å². The van der Waals surface area contributed by atoms with Gasteiger partial charge in [-0.25, -0.2) is 8.78 Å². The van der Waals surface area contributed by atoms with Crippen LogP contribution in [-0.2, 0) is 0 Å². The summed E-state index contributed by atoms with van der Waals surface area (Å²) < 4.78 is 31.9. The average molecular weight is 204 g/mol. The van der Waals surface area contributed by atoms with Gasteiger partial charge in [-0.3, -0.25) is 0 Å². The average Bonchev–Trinajstić information content (AvgIpc) is 2.57. The number of fused-ring (bicyclic) bond motifs is 3. The van der Waals surface area contributed by atoms with Gasteiger partial charge in [0.05, 0.1) is 5.39 Å². The van der Waals surface area contributed by atoms with Gasteiger partial charge in [-0.15, -0.1) is 0 Å². The van der Waals surface area contributed by atoms with E-state index in [4.69, 9.17) is 4.42 Å². The third kappa shape index (κ3) is 1.13. The zero-order valence-electron chi connectivity index (χ0n) is 7.63. The standard InChI is InChI=1S/C12H6F2O/c13-7-4-5-10-8(6-7)12-9(14)2-1-3-11(12)15-10/h1-6H. The Kier molecular flexibility index (Phi) is 1.57. The van der Waals surface area contributed by atoms with E-state index in [1.807, 2.05) is 0 Å². The Balaban J connectivity index is 2.61. The van der Waals surface area contributed by atoms with Crippen molar-refractivity contribution in [3.8, 4) is 0 Å². The molecule has 0 aliphatic rings. The Labute approximate surface area is 83.9 Å². The van der Waals surface area contributed by atoms with Crippen LogP contribution in [0.4, 0.5) is 8.78 Å². The van der Waals surface area contributed by atoms with Gasteiger partial charge in [0, 0.05) is 5.39 Å². The maximum absolute atomic E-state index is 13.5. The second-order valence-corrected chi connectivity index (χ2v) is 3.36. The molecule has 3 aromatic rings. The Morgan fingerprint density at radius 2 is 1.80 bits per heavy atom. The van der Waals surface area contributed by atoms with E-state index in [-0.39, 0.29) is 0 Å². The number of hydrogen-bond acceptors (Lipinski definition) is 1. The van der Waals surface area contributed by atoms with Gasteiger partial charge in [0.1, 0.15) is 22.8 Å². The van der Waals surface area contributed by atoms with Crippen LogP contribution in [0, 0.1) is 11.6 Å². The molecule has 0 unspecified atom stereocenters. The molecule has 0 atom stereocenters. The number of rotatable bonds is 0. The first-order valence-corrected chi connectivity index (χ1v) is 4.52. The summed E-state index contributed by atoms with van der Waals surface area (Å²) in [5.41, 5.74) is 0.937. The molecular weight excluding hydrogens is 198 g/mol. The van der Waals surface area contributed by atoms with E-state index in [2.05, 4.69) is 0 Å². The highest BCUT2D eigenvalue weighted by Crippen LogP contribution is 2.30. The summed E-state index contributed by atoms with van der Waals surface area (Å²) in [7, 11) is 0. The molecular formula is C12H6F2O. The molecule has 0 spiro atoms. The molecule has 0 radical (unpaired) electrons. The fourth-order valence-corrected chi connectivity index (χ4v) is 1.76. The van der Waals surface area contributed by atoms with E-state index in [1.54, 1.807) is 12.1 Å². The van der Waals surface area contributed by atoms with Gasteiger partial charge >= 0.3 is 0 Å². The van der Waals surface area contributed by atoms with Crippen LogP contribution in [0.2, 0.25) is 0 Å². The lowest BCUT2D eigenvalue weighted by Gasteiger charge is -1.91. The third-order valence-electron chi connectivity index (χ3n) is 2.41. The molecule has 1 nitrogen and oxygen atoms in total. The highest BCUT2D eigenvalue weighted by Gasteiger charge is 2.10. The molecule has 0 fully saturated rings. The molecule has 3 heteroatoms. The highest BCUT2D eigenvalue weighted by molar-refractivity contribution is 6.05. The van der Waals surface area contributed by atoms with E-state index in [1.165, 1.54) is 24.3 Å². The molecule has 0 aliphatic heterocycles. The monoisotopic (exact) mass is 204 g/mol. The van der Waals surface area contributed by atoms with Crippen LogP contribution >= 0.6 is 0 Å². The summed E-state index contributed by atoms with van der Waals surface area (Å²) in [6.45, 7) is 0. The molecule has 0 N–H and O–H groups in total. The molecule has 3 rings (SSSR count).